The fourth-order valence-corrected chi connectivity index (χ4v) is 3.54. The molecule has 2 fully saturated rings. The summed E-state index contributed by atoms with van der Waals surface area (Å²) in [7, 11) is 0. The first-order valence-electron chi connectivity index (χ1n) is 9.17. The molecule has 0 bridgehead atoms. The van der Waals surface area contributed by atoms with E-state index < -0.39 is 5.60 Å². The summed E-state index contributed by atoms with van der Waals surface area (Å²) in [5.74, 6) is 0.905. The summed E-state index contributed by atoms with van der Waals surface area (Å²) >= 11 is 0. The zero-order valence-electron chi connectivity index (χ0n) is 14.8. The molecule has 9 heteroatoms. The molecule has 0 aromatic carbocycles. The van der Waals surface area contributed by atoms with E-state index in [9.17, 15) is 5.11 Å². The second-order valence-corrected chi connectivity index (χ2v) is 7.75. The Morgan fingerprint density at radius 2 is 1.96 bits per heavy atom. The normalized spacial score (nSPS) is 24.6. The molecule has 25 heavy (non-hydrogen) atoms. The molecular weight excluding hydrogens is 320 g/mol. The van der Waals surface area contributed by atoms with Crippen LogP contribution in [-0.4, -0.2) is 46.3 Å². The highest BCUT2D eigenvalue weighted by Crippen LogP contribution is 2.34. The minimum Gasteiger partial charge on any atom is -0.384 e. The molecule has 2 saturated carbocycles. The molecular formula is C16H26N8O. The summed E-state index contributed by atoms with van der Waals surface area (Å²) in [6, 6.07) is 1.02. The van der Waals surface area contributed by atoms with Gasteiger partial charge in [-0.3, -0.25) is 0 Å². The number of hydrogen-bond donors (Lipinski definition) is 2. The first-order valence-corrected chi connectivity index (χ1v) is 9.17. The second-order valence-electron chi connectivity index (χ2n) is 7.75. The topological polar surface area (TPSA) is 107 Å². The molecule has 2 aliphatic rings. The van der Waals surface area contributed by atoms with E-state index in [2.05, 4.69) is 31.2 Å². The van der Waals surface area contributed by atoms with Crippen LogP contribution >= 0.6 is 0 Å². The van der Waals surface area contributed by atoms with E-state index in [1.54, 1.807) is 13.8 Å². The third kappa shape index (κ3) is 3.57. The molecule has 2 aromatic heterocycles. The van der Waals surface area contributed by atoms with Crippen molar-refractivity contribution >= 4 is 0 Å². The third-order valence-electron chi connectivity index (χ3n) is 5.18. The van der Waals surface area contributed by atoms with Gasteiger partial charge in [-0.15, -0.1) is 10.2 Å². The van der Waals surface area contributed by atoms with Crippen molar-refractivity contribution in [3.63, 3.8) is 0 Å². The van der Waals surface area contributed by atoms with Crippen molar-refractivity contribution in [3.05, 3.63) is 17.7 Å². The molecule has 0 aliphatic heterocycles. The highest BCUT2D eigenvalue weighted by atomic mass is 16.3. The van der Waals surface area contributed by atoms with Crippen LogP contribution in [0.15, 0.2) is 6.20 Å². The van der Waals surface area contributed by atoms with E-state index in [0.29, 0.717) is 24.3 Å². The quantitative estimate of drug-likeness (QED) is 0.806. The van der Waals surface area contributed by atoms with Crippen LogP contribution in [0.1, 0.15) is 76.0 Å². The molecule has 9 nitrogen and oxygen atoms in total. The van der Waals surface area contributed by atoms with Crippen LogP contribution in [0.25, 0.3) is 0 Å². The highest BCUT2D eigenvalue weighted by molar-refractivity contribution is 5.04. The summed E-state index contributed by atoms with van der Waals surface area (Å²) in [6.07, 6.45) is 8.74. The van der Waals surface area contributed by atoms with Crippen LogP contribution in [0, 0.1) is 0 Å². The van der Waals surface area contributed by atoms with Crippen molar-refractivity contribution in [1.82, 2.24) is 40.5 Å². The van der Waals surface area contributed by atoms with Gasteiger partial charge in [0.05, 0.1) is 24.8 Å². The maximum atomic E-state index is 10.1. The first kappa shape index (κ1) is 16.6. The molecule has 136 valence electrons. The van der Waals surface area contributed by atoms with E-state index in [0.717, 1.165) is 18.7 Å². The number of tetrazole rings is 1. The van der Waals surface area contributed by atoms with Gasteiger partial charge < -0.3 is 10.4 Å². The summed E-state index contributed by atoms with van der Waals surface area (Å²) in [5, 5.41) is 34.3. The Morgan fingerprint density at radius 3 is 2.68 bits per heavy atom. The lowest BCUT2D eigenvalue weighted by Gasteiger charge is -2.32. The smallest absolute Gasteiger partial charge is 0.165 e. The molecule has 2 N–H and O–H groups in total. The van der Waals surface area contributed by atoms with Crippen LogP contribution in [-0.2, 0) is 12.1 Å². The zero-order chi connectivity index (χ0) is 17.4. The lowest BCUT2D eigenvalue weighted by atomic mass is 9.90. The maximum Gasteiger partial charge on any atom is 0.165 e. The van der Waals surface area contributed by atoms with E-state index in [4.69, 9.17) is 0 Å². The van der Waals surface area contributed by atoms with Gasteiger partial charge in [0.25, 0.3) is 0 Å². The average molecular weight is 346 g/mol. The fourth-order valence-electron chi connectivity index (χ4n) is 3.54. The van der Waals surface area contributed by atoms with Gasteiger partial charge in [0.1, 0.15) is 11.3 Å². The molecule has 0 unspecified atom stereocenters. The van der Waals surface area contributed by atoms with Gasteiger partial charge in [-0.05, 0) is 50.0 Å². The molecule has 0 amide bonds. The summed E-state index contributed by atoms with van der Waals surface area (Å²) < 4.78 is 3.86. The fraction of sp³-hybridized carbons (Fsp3) is 0.812. The number of nitrogens with one attached hydrogen (secondary N) is 1. The summed E-state index contributed by atoms with van der Waals surface area (Å²) in [5.41, 5.74) is -0.364. The van der Waals surface area contributed by atoms with Crippen molar-refractivity contribution in [3.8, 4) is 0 Å². The number of aliphatic hydroxyl groups is 1. The lowest BCUT2D eigenvalue weighted by Crippen LogP contribution is -2.40. The standard InChI is InChI=1S/C16H26N8O/c1-16(2,25)14-10-23(21-18-14)13-6-4-3-5-12(13)17-9-15-19-20-22-24(15)11-7-8-11/h10-13,17,25H,3-9H2,1-2H3/t12-,13+/m0/s1. The van der Waals surface area contributed by atoms with E-state index in [-0.39, 0.29) is 6.04 Å². The number of aromatic nitrogens is 7. The number of nitrogens with zero attached hydrogens (tertiary/aromatic N) is 7. The predicted octanol–water partition coefficient (Wildman–Crippen LogP) is 1.10. The largest absolute Gasteiger partial charge is 0.384 e. The van der Waals surface area contributed by atoms with Gasteiger partial charge in [-0.1, -0.05) is 18.1 Å². The van der Waals surface area contributed by atoms with Crippen LogP contribution in [0.3, 0.4) is 0 Å². The molecule has 0 radical (unpaired) electrons. The van der Waals surface area contributed by atoms with Crippen LogP contribution in [0.4, 0.5) is 0 Å². The predicted molar refractivity (Wildman–Crippen MR) is 89.5 cm³/mol. The Morgan fingerprint density at radius 1 is 1.16 bits per heavy atom. The molecule has 2 aromatic rings. The molecule has 2 atom stereocenters. The van der Waals surface area contributed by atoms with E-state index in [1.165, 1.54) is 25.7 Å². The van der Waals surface area contributed by atoms with Crippen LogP contribution in [0.5, 0.6) is 0 Å². The Kier molecular flexibility index (Phi) is 4.28. The zero-order valence-corrected chi connectivity index (χ0v) is 14.8. The van der Waals surface area contributed by atoms with Crippen molar-refractivity contribution in [2.45, 2.75) is 82.6 Å². The average Bonchev–Trinajstić information content (AvgIpc) is 3.11. The van der Waals surface area contributed by atoms with Gasteiger partial charge in [-0.25, -0.2) is 9.36 Å². The van der Waals surface area contributed by atoms with Crippen molar-refractivity contribution in [1.29, 1.82) is 0 Å². The Labute approximate surface area is 146 Å². The Hall–Kier alpha value is -1.87. The Balaban J connectivity index is 1.45. The van der Waals surface area contributed by atoms with E-state index >= 15 is 0 Å². The van der Waals surface area contributed by atoms with Gasteiger partial charge in [0, 0.05) is 6.04 Å². The third-order valence-corrected chi connectivity index (χ3v) is 5.18. The van der Waals surface area contributed by atoms with Crippen LogP contribution < -0.4 is 5.32 Å². The SMILES string of the molecule is CC(C)(O)c1cn([C@@H]2CCCC[C@@H]2NCc2nnnn2C2CC2)nn1. The molecule has 0 saturated heterocycles. The highest BCUT2D eigenvalue weighted by Gasteiger charge is 2.31. The summed E-state index contributed by atoms with van der Waals surface area (Å²) in [4.78, 5) is 0. The minimum absolute atomic E-state index is 0.239. The van der Waals surface area contributed by atoms with Crippen molar-refractivity contribution in [2.24, 2.45) is 0 Å². The summed E-state index contributed by atoms with van der Waals surface area (Å²) in [6.45, 7) is 4.13. The molecule has 2 aliphatic carbocycles. The molecule has 4 rings (SSSR count). The van der Waals surface area contributed by atoms with Crippen molar-refractivity contribution in [2.75, 3.05) is 0 Å². The first-order chi connectivity index (χ1) is 12.0. The van der Waals surface area contributed by atoms with Gasteiger partial charge in [0.15, 0.2) is 5.82 Å². The van der Waals surface area contributed by atoms with Gasteiger partial charge in [0.2, 0.25) is 0 Å². The molecule has 0 spiro atoms. The van der Waals surface area contributed by atoms with Gasteiger partial charge >= 0.3 is 0 Å². The van der Waals surface area contributed by atoms with E-state index in [1.807, 2.05) is 15.6 Å². The number of hydrogen-bond acceptors (Lipinski definition) is 7. The van der Waals surface area contributed by atoms with Crippen molar-refractivity contribution < 1.29 is 5.11 Å². The van der Waals surface area contributed by atoms with Crippen LogP contribution in [0.2, 0.25) is 0 Å². The minimum atomic E-state index is -0.970. The number of rotatable bonds is 6. The maximum absolute atomic E-state index is 10.1. The monoisotopic (exact) mass is 346 g/mol. The molecule has 2 heterocycles. The second kappa shape index (κ2) is 6.45. The Bertz CT molecular complexity index is 714. The van der Waals surface area contributed by atoms with Gasteiger partial charge in [-0.2, -0.15) is 0 Å². The lowest BCUT2D eigenvalue weighted by molar-refractivity contribution is 0.0736.